The van der Waals surface area contributed by atoms with Crippen molar-refractivity contribution in [3.8, 4) is 22.6 Å². The number of halogens is 3. The Hall–Kier alpha value is -7.31. The summed E-state index contributed by atoms with van der Waals surface area (Å²) in [6.07, 6.45) is 13.7. The van der Waals surface area contributed by atoms with Gasteiger partial charge in [0, 0.05) is 89.4 Å². The SMILES string of the molecule is C.CS(=O)(=O)c1ccc(OCC2CC2)c(B2OCCCCCO2)c1.Cn1cc(-c2cc(S(C)(=O)=O)ccc2OCC2CC2)c2ccccc2c1=O.Cn1cc(Br)c2ccccc2c1=O.[Cl][Pd][Cl].c1ccc(P(c2ccccc2)c2ccccc2)cc1.c1ccc(P(c2ccccc2)c2ccccc2)cc1. The maximum atomic E-state index is 12.5. The molecule has 548 valence electrons. The van der Waals surface area contributed by atoms with Crippen LogP contribution < -0.4 is 57.9 Å². The topological polar surface area (TPSA) is 149 Å². The molecule has 0 radical (unpaired) electrons. The molecule has 10 aromatic carbocycles. The van der Waals surface area contributed by atoms with Crippen LogP contribution in [0.5, 0.6) is 11.5 Å². The average molecular weight is 1680 g/mol. The number of benzene rings is 10. The molecule has 0 unspecified atom stereocenters. The van der Waals surface area contributed by atoms with E-state index >= 15 is 0 Å². The smallest absolute Gasteiger partial charge is 0.0134 e. The number of hydrogen-bond acceptors (Lipinski definition) is 10. The fourth-order valence-electron chi connectivity index (χ4n) is 11.5. The third-order valence-electron chi connectivity index (χ3n) is 17.2. The second-order valence-corrected chi connectivity index (χ2v) is 36.9. The standard InChI is InChI=1S/C21H21NO4S.2C18H15P.C16H23BO5S.C10H8BrNO.CH4.2ClH.Pd/c1-22-12-19(16-5-3-4-6-17(16)21(22)23)18-11-15(27(2,24)25)9-10-20(18)26-13-14-7-8-14;2*1-4-10-16(11-5-1)19(17-12-6-2-7-13-17)18-14-8-3-9-15-18;1-23(18,19)14-7-8-16(20-12-13-5-6-13)15(11-14)17-21-9-3-2-4-10-22-17;1-12-6-9(11)7-4-2-3-5-8(7)10(12)13;;;;/h3-6,9-12,14H,7-8,13H2,1-2H3;2*1-15H;7-8,11,13H,2-6,9-10,12H2,1H3;2-6H,1H3;1H4;2*1H;/q;;;;;;;;+2/p-2. The summed E-state index contributed by atoms with van der Waals surface area (Å²) in [5.74, 6) is 2.49. The first-order chi connectivity index (χ1) is 50.4. The second kappa shape index (κ2) is 40.6. The molecule has 0 N–H and O–H groups in total. The van der Waals surface area contributed by atoms with Gasteiger partial charge in [-0.05, 0) is 174 Å². The van der Waals surface area contributed by atoms with E-state index in [1.54, 1.807) is 73.5 Å². The number of pyridine rings is 2. The molecule has 0 bridgehead atoms. The van der Waals surface area contributed by atoms with Crippen molar-refractivity contribution >= 4 is 136 Å². The van der Waals surface area contributed by atoms with Gasteiger partial charge < -0.3 is 27.9 Å². The number of aryl methyl sites for hydroxylation is 2. The Kier molecular flexibility index (Phi) is 31.6. The van der Waals surface area contributed by atoms with Crippen LogP contribution in [-0.2, 0) is 59.0 Å². The van der Waals surface area contributed by atoms with E-state index in [-0.39, 0.29) is 44.3 Å². The van der Waals surface area contributed by atoms with Gasteiger partial charge in [0.25, 0.3) is 11.1 Å². The fourth-order valence-corrected chi connectivity index (χ4v) is 18.0. The van der Waals surface area contributed by atoms with E-state index in [0.29, 0.717) is 66.2 Å². The monoisotopic (exact) mass is 1670 g/mol. The van der Waals surface area contributed by atoms with Crippen LogP contribution in [0.3, 0.4) is 0 Å². The summed E-state index contributed by atoms with van der Waals surface area (Å²) in [5, 5.41) is 11.5. The number of nitrogens with zero attached hydrogens (tertiary/aromatic N) is 2. The van der Waals surface area contributed by atoms with Crippen molar-refractivity contribution in [1.82, 2.24) is 9.13 Å². The molecule has 0 spiro atoms. The molecule has 12 aromatic rings. The van der Waals surface area contributed by atoms with Gasteiger partial charge in [0.1, 0.15) is 11.5 Å². The van der Waals surface area contributed by atoms with E-state index < -0.39 is 42.6 Å². The summed E-state index contributed by atoms with van der Waals surface area (Å²) in [4.78, 5) is 24.6. The number of ether oxygens (including phenoxy) is 2. The van der Waals surface area contributed by atoms with Crippen molar-refractivity contribution in [2.75, 3.05) is 38.9 Å². The average Bonchev–Trinajstić information content (AvgIpc) is 0.993. The number of hydrogen-bond donors (Lipinski definition) is 0. The van der Waals surface area contributed by atoms with Crippen LogP contribution >= 0.6 is 50.8 Å². The van der Waals surface area contributed by atoms with E-state index in [2.05, 4.69) is 198 Å². The van der Waals surface area contributed by atoms with Crippen LogP contribution in [-0.4, -0.2) is 72.0 Å². The summed E-state index contributed by atoms with van der Waals surface area (Å²) in [7, 11) is 4.97. The maximum Gasteiger partial charge on any atom is -0.0134 e. The molecule has 2 aliphatic carbocycles. The van der Waals surface area contributed by atoms with Gasteiger partial charge in [-0.1, -0.05) is 226 Å². The molecule has 21 heteroatoms. The van der Waals surface area contributed by atoms with Gasteiger partial charge in [-0.25, -0.2) is 16.8 Å². The van der Waals surface area contributed by atoms with Crippen molar-refractivity contribution in [2.45, 2.75) is 62.2 Å². The molecule has 0 atom stereocenters. The molecule has 0 amide bonds. The second-order valence-electron chi connectivity index (χ2n) is 25.2. The van der Waals surface area contributed by atoms with Crippen LogP contribution in [0.15, 0.2) is 303 Å². The maximum absolute atomic E-state index is 12.5. The third kappa shape index (κ3) is 23.8. The minimum absolute atomic E-state index is 0. The number of rotatable bonds is 16. The van der Waals surface area contributed by atoms with Crippen molar-refractivity contribution in [1.29, 1.82) is 0 Å². The number of fused-ring (bicyclic) bond motifs is 2. The quantitative estimate of drug-likeness (QED) is 0.0676. The van der Waals surface area contributed by atoms with Crippen LogP contribution in [0.1, 0.15) is 52.4 Å². The van der Waals surface area contributed by atoms with Crippen LogP contribution in [0.2, 0.25) is 0 Å². The largest absolute Gasteiger partial charge is 0.0622 e. The molecule has 3 heterocycles. The van der Waals surface area contributed by atoms with Crippen molar-refractivity contribution in [3.05, 3.63) is 304 Å². The molecule has 1 aliphatic heterocycles. The zero-order chi connectivity index (χ0) is 73.4. The Balaban J connectivity index is 0.000000153. The molecule has 2 aromatic heterocycles. The Labute approximate surface area is 645 Å². The van der Waals surface area contributed by atoms with Gasteiger partial charge in [-0.2, -0.15) is 0 Å². The van der Waals surface area contributed by atoms with E-state index in [0.717, 1.165) is 45.5 Å². The first kappa shape index (κ1) is 81.8. The summed E-state index contributed by atoms with van der Waals surface area (Å²) >= 11 is 3.32. The molecular weight excluding hydrogens is 1590 g/mol. The Bertz CT molecular complexity index is 4790. The fraction of sp³-hybridized carbons (Fsp3) is 0.214. The van der Waals surface area contributed by atoms with Crippen LogP contribution in [0, 0.1) is 11.8 Å². The molecule has 105 heavy (non-hydrogen) atoms. The van der Waals surface area contributed by atoms with Crippen LogP contribution in [0.25, 0.3) is 32.7 Å². The summed E-state index contributed by atoms with van der Waals surface area (Å²) in [6, 6.07) is 89.4. The number of aromatic nitrogens is 2. The minimum atomic E-state index is -3.36. The first-order valence-electron chi connectivity index (χ1n) is 34.1. The third-order valence-corrected chi connectivity index (χ3v) is 25.0. The zero-order valence-electron chi connectivity index (χ0n) is 58.2. The normalized spacial score (nSPS) is 13.4. The van der Waals surface area contributed by atoms with Gasteiger partial charge in [-0.3, -0.25) is 9.59 Å². The molecule has 15 rings (SSSR count). The first-order valence-corrected chi connectivity index (χ1v) is 45.4. The predicted molar refractivity (Wildman–Crippen MR) is 440 cm³/mol. The summed E-state index contributed by atoms with van der Waals surface area (Å²) in [6.45, 7) is 2.50. The van der Waals surface area contributed by atoms with Gasteiger partial charge in [-0.15, -0.1) is 0 Å². The van der Waals surface area contributed by atoms with Gasteiger partial charge >= 0.3 is 42.1 Å². The Morgan fingerprint density at radius 2 is 0.771 bits per heavy atom. The summed E-state index contributed by atoms with van der Waals surface area (Å²) in [5.41, 5.74) is 2.10. The molecule has 12 nitrogen and oxygen atoms in total. The van der Waals surface area contributed by atoms with Crippen molar-refractivity contribution < 1.29 is 51.6 Å². The number of sulfone groups is 2. The molecule has 2 saturated carbocycles. The van der Waals surface area contributed by atoms with Gasteiger partial charge in [0.15, 0.2) is 19.7 Å². The van der Waals surface area contributed by atoms with Gasteiger partial charge in [0.2, 0.25) is 0 Å². The molecule has 3 aliphatic rings. The minimum Gasteiger partial charge on any atom is -0.0622 e. The Morgan fingerprint density at radius 3 is 1.15 bits per heavy atom. The van der Waals surface area contributed by atoms with E-state index in [1.807, 2.05) is 42.5 Å². The zero-order valence-corrected chi connectivity index (χ0v) is 66.3. The predicted octanol–water partition coefficient (Wildman–Crippen LogP) is 16.4. The van der Waals surface area contributed by atoms with Crippen molar-refractivity contribution in [2.24, 2.45) is 25.9 Å². The Morgan fingerprint density at radius 1 is 0.448 bits per heavy atom. The van der Waals surface area contributed by atoms with E-state index in [1.165, 1.54) is 74.6 Å². The molecule has 1 saturated heterocycles. The summed E-state index contributed by atoms with van der Waals surface area (Å²) < 4.78 is 75.5. The van der Waals surface area contributed by atoms with Crippen molar-refractivity contribution in [3.63, 3.8) is 0 Å². The van der Waals surface area contributed by atoms with E-state index in [4.69, 9.17) is 37.8 Å². The van der Waals surface area contributed by atoms with Crippen LogP contribution in [0.4, 0.5) is 0 Å². The molecular formula is C84H86BBrCl2N2O10P2PdS2. The van der Waals surface area contributed by atoms with Gasteiger partial charge in [0.05, 0.1) is 23.0 Å². The molecule has 3 fully saturated rings. The van der Waals surface area contributed by atoms with E-state index in [9.17, 15) is 26.4 Å².